The van der Waals surface area contributed by atoms with E-state index in [-0.39, 0.29) is 5.76 Å². The van der Waals surface area contributed by atoms with E-state index in [1.54, 1.807) is 12.3 Å². The van der Waals surface area contributed by atoms with Crippen molar-refractivity contribution in [1.29, 1.82) is 0 Å². The molecule has 1 amide bonds. The number of hydrazone groups is 1. The van der Waals surface area contributed by atoms with Gasteiger partial charge in [-0.2, -0.15) is 5.10 Å². The lowest BCUT2D eigenvalue weighted by molar-refractivity contribution is 0.0929. The number of hydrogen-bond acceptors (Lipinski definition) is 4. The van der Waals surface area contributed by atoms with Crippen LogP contribution in [0.15, 0.2) is 88.4 Å². The van der Waals surface area contributed by atoms with Gasteiger partial charge in [0.15, 0.2) is 5.76 Å². The number of benzene rings is 3. The minimum absolute atomic E-state index is 0.225. The van der Waals surface area contributed by atoms with E-state index in [4.69, 9.17) is 9.15 Å². The first-order chi connectivity index (χ1) is 14.2. The molecule has 0 radical (unpaired) electrons. The Bertz CT molecular complexity index is 1130. The van der Waals surface area contributed by atoms with Gasteiger partial charge in [-0.3, -0.25) is 4.79 Å². The number of nitrogens with zero attached hydrogens (tertiary/aromatic N) is 1. The second-order valence-corrected chi connectivity index (χ2v) is 6.69. The van der Waals surface area contributed by atoms with E-state index >= 15 is 0 Å². The van der Waals surface area contributed by atoms with E-state index in [1.165, 1.54) is 5.56 Å². The largest absolute Gasteiger partial charge is 0.489 e. The molecule has 1 aromatic heterocycles. The molecule has 0 spiro atoms. The van der Waals surface area contributed by atoms with Crippen molar-refractivity contribution in [2.24, 2.45) is 5.10 Å². The minimum Gasteiger partial charge on any atom is -0.489 e. The summed E-state index contributed by atoms with van der Waals surface area (Å²) in [7, 11) is 0. The molecule has 0 atom stereocenters. The highest BCUT2D eigenvalue weighted by molar-refractivity contribution is 5.96. The van der Waals surface area contributed by atoms with Crippen molar-refractivity contribution >= 4 is 23.1 Å². The standard InChI is InChI=1S/C24H20N2O3/c1-17-5-4-6-19(13-17)16-28-21-11-9-18(10-12-21)15-25-26-24(27)23-14-20-7-2-3-8-22(20)29-23/h2-15H,16H2,1H3,(H,26,27)/b25-15+. The van der Waals surface area contributed by atoms with Crippen molar-refractivity contribution in [3.8, 4) is 5.75 Å². The first-order valence-electron chi connectivity index (χ1n) is 9.28. The highest BCUT2D eigenvalue weighted by Crippen LogP contribution is 2.18. The zero-order valence-corrected chi connectivity index (χ0v) is 16.0. The number of furan rings is 1. The summed E-state index contributed by atoms with van der Waals surface area (Å²) in [6.07, 6.45) is 1.57. The lowest BCUT2D eigenvalue weighted by Gasteiger charge is -2.07. The molecule has 0 bridgehead atoms. The van der Waals surface area contributed by atoms with Crippen LogP contribution in [0.25, 0.3) is 11.0 Å². The van der Waals surface area contributed by atoms with Crippen LogP contribution in [0.2, 0.25) is 0 Å². The van der Waals surface area contributed by atoms with Crippen LogP contribution in [0.4, 0.5) is 0 Å². The molecular weight excluding hydrogens is 364 g/mol. The lowest BCUT2D eigenvalue weighted by Crippen LogP contribution is -2.16. The fraction of sp³-hybridized carbons (Fsp3) is 0.0833. The van der Waals surface area contributed by atoms with Crippen LogP contribution in [-0.4, -0.2) is 12.1 Å². The molecule has 29 heavy (non-hydrogen) atoms. The van der Waals surface area contributed by atoms with Crippen LogP contribution in [-0.2, 0) is 6.61 Å². The monoisotopic (exact) mass is 384 g/mol. The molecule has 0 aliphatic heterocycles. The number of para-hydroxylation sites is 1. The number of carbonyl (C=O) groups excluding carboxylic acids is 1. The Morgan fingerprint density at radius 3 is 2.66 bits per heavy atom. The maximum atomic E-state index is 12.2. The summed E-state index contributed by atoms with van der Waals surface area (Å²) in [6.45, 7) is 2.58. The second-order valence-electron chi connectivity index (χ2n) is 6.69. The third kappa shape index (κ3) is 4.71. The smallest absolute Gasteiger partial charge is 0.307 e. The number of carbonyl (C=O) groups is 1. The van der Waals surface area contributed by atoms with Crippen molar-refractivity contribution in [1.82, 2.24) is 5.43 Å². The molecule has 0 saturated carbocycles. The topological polar surface area (TPSA) is 63.8 Å². The summed E-state index contributed by atoms with van der Waals surface area (Å²) >= 11 is 0. The summed E-state index contributed by atoms with van der Waals surface area (Å²) in [4.78, 5) is 12.2. The number of amides is 1. The van der Waals surface area contributed by atoms with Gasteiger partial charge in [0.2, 0.25) is 0 Å². The van der Waals surface area contributed by atoms with Crippen LogP contribution in [0, 0.1) is 6.92 Å². The average Bonchev–Trinajstić information content (AvgIpc) is 3.18. The van der Waals surface area contributed by atoms with Gasteiger partial charge in [0, 0.05) is 5.39 Å². The molecular formula is C24H20N2O3. The Labute approximate surface area is 168 Å². The summed E-state index contributed by atoms with van der Waals surface area (Å²) in [6, 6.07) is 24.9. The molecule has 4 rings (SSSR count). The molecule has 1 N–H and O–H groups in total. The van der Waals surface area contributed by atoms with E-state index in [9.17, 15) is 4.79 Å². The van der Waals surface area contributed by atoms with Crippen LogP contribution >= 0.6 is 0 Å². The quantitative estimate of drug-likeness (QED) is 0.372. The highest BCUT2D eigenvalue weighted by Gasteiger charge is 2.10. The zero-order chi connectivity index (χ0) is 20.1. The SMILES string of the molecule is Cc1cccc(COc2ccc(/C=N/NC(=O)c3cc4ccccc4o3)cc2)c1. The van der Waals surface area contributed by atoms with Gasteiger partial charge in [-0.25, -0.2) is 5.43 Å². The average molecular weight is 384 g/mol. The van der Waals surface area contributed by atoms with E-state index in [2.05, 4.69) is 29.6 Å². The lowest BCUT2D eigenvalue weighted by atomic mass is 10.1. The third-order valence-corrected chi connectivity index (χ3v) is 4.40. The Kier molecular flexibility index (Phi) is 5.38. The second kappa shape index (κ2) is 8.44. The molecule has 5 heteroatoms. The van der Waals surface area contributed by atoms with Crippen molar-refractivity contribution in [3.63, 3.8) is 0 Å². The van der Waals surface area contributed by atoms with Gasteiger partial charge in [0.05, 0.1) is 6.21 Å². The predicted octanol–water partition coefficient (Wildman–Crippen LogP) is 5.08. The first-order valence-corrected chi connectivity index (χ1v) is 9.28. The molecule has 1 heterocycles. The third-order valence-electron chi connectivity index (χ3n) is 4.40. The van der Waals surface area contributed by atoms with Gasteiger partial charge in [-0.1, -0.05) is 48.0 Å². The summed E-state index contributed by atoms with van der Waals surface area (Å²) in [5.41, 5.74) is 6.33. The number of fused-ring (bicyclic) bond motifs is 1. The van der Waals surface area contributed by atoms with E-state index in [0.29, 0.717) is 12.2 Å². The molecule has 0 aliphatic rings. The van der Waals surface area contributed by atoms with Gasteiger partial charge in [-0.05, 0) is 54.4 Å². The zero-order valence-electron chi connectivity index (χ0n) is 16.0. The molecule has 144 valence electrons. The van der Waals surface area contributed by atoms with E-state index < -0.39 is 5.91 Å². The molecule has 0 saturated heterocycles. The molecule has 3 aromatic carbocycles. The Balaban J connectivity index is 1.32. The van der Waals surface area contributed by atoms with Crippen molar-refractivity contribution in [3.05, 3.63) is 101 Å². The van der Waals surface area contributed by atoms with Crippen molar-refractivity contribution in [2.75, 3.05) is 0 Å². The summed E-state index contributed by atoms with van der Waals surface area (Å²) in [5, 5.41) is 4.87. The molecule has 0 fully saturated rings. The molecule has 4 aromatic rings. The van der Waals surface area contributed by atoms with Crippen molar-refractivity contribution < 1.29 is 13.9 Å². The molecule has 5 nitrogen and oxygen atoms in total. The van der Waals surface area contributed by atoms with Gasteiger partial charge < -0.3 is 9.15 Å². The van der Waals surface area contributed by atoms with Crippen LogP contribution in [0.3, 0.4) is 0 Å². The number of aryl methyl sites for hydroxylation is 1. The Morgan fingerprint density at radius 1 is 1.03 bits per heavy atom. The van der Waals surface area contributed by atoms with Gasteiger partial charge in [0.25, 0.3) is 0 Å². The maximum Gasteiger partial charge on any atom is 0.307 e. The van der Waals surface area contributed by atoms with Crippen molar-refractivity contribution in [2.45, 2.75) is 13.5 Å². The number of ether oxygens (including phenoxy) is 1. The summed E-state index contributed by atoms with van der Waals surface area (Å²) < 4.78 is 11.3. The van der Waals surface area contributed by atoms with Gasteiger partial charge in [0.1, 0.15) is 17.9 Å². The number of rotatable bonds is 6. The first kappa shape index (κ1) is 18.5. The van der Waals surface area contributed by atoms with Gasteiger partial charge >= 0.3 is 5.91 Å². The van der Waals surface area contributed by atoms with Crippen LogP contribution in [0.5, 0.6) is 5.75 Å². The Morgan fingerprint density at radius 2 is 1.86 bits per heavy atom. The number of nitrogens with one attached hydrogen (secondary N) is 1. The van der Waals surface area contributed by atoms with E-state index in [0.717, 1.165) is 22.3 Å². The maximum absolute atomic E-state index is 12.2. The van der Waals surface area contributed by atoms with Gasteiger partial charge in [-0.15, -0.1) is 0 Å². The van der Waals surface area contributed by atoms with E-state index in [1.807, 2.05) is 60.7 Å². The predicted molar refractivity (Wildman–Crippen MR) is 113 cm³/mol. The minimum atomic E-state index is -0.393. The normalized spacial score (nSPS) is 11.1. The number of hydrogen-bond donors (Lipinski definition) is 1. The Hall–Kier alpha value is -3.86. The fourth-order valence-corrected chi connectivity index (χ4v) is 2.93. The highest BCUT2D eigenvalue weighted by atomic mass is 16.5. The molecule has 0 aliphatic carbocycles. The summed E-state index contributed by atoms with van der Waals surface area (Å²) in [5.74, 6) is 0.605. The van der Waals surface area contributed by atoms with Crippen LogP contribution < -0.4 is 10.2 Å². The molecule has 0 unspecified atom stereocenters. The van der Waals surface area contributed by atoms with Crippen LogP contribution in [0.1, 0.15) is 27.2 Å². The fourth-order valence-electron chi connectivity index (χ4n) is 2.93.